The Morgan fingerprint density at radius 3 is 2.56 bits per heavy atom. The van der Waals surface area contributed by atoms with Gasteiger partial charge in [-0.25, -0.2) is 0 Å². The summed E-state index contributed by atoms with van der Waals surface area (Å²) in [5.74, 6) is 4.04. The van der Waals surface area contributed by atoms with Crippen LogP contribution in [0.2, 0.25) is 0 Å². The molecular weight excluding hydrogens is 308 g/mol. The number of esters is 1. The molecule has 4 aliphatic carbocycles. The maximum absolute atomic E-state index is 11.9. The Balaban J connectivity index is 1.70. The minimum atomic E-state index is -0.0636. The molecule has 4 aliphatic rings. The molecule has 0 bridgehead atoms. The molecule has 0 aromatic rings. The van der Waals surface area contributed by atoms with Crippen LogP contribution in [0.3, 0.4) is 0 Å². The topological polar surface area (TPSA) is 26.3 Å². The molecule has 8 atom stereocenters. The molecule has 0 amide bonds. The Bertz CT molecular complexity index is 528. The number of carbonyl (C=O) groups excluding carboxylic acids is 1. The van der Waals surface area contributed by atoms with E-state index in [0.29, 0.717) is 5.41 Å². The first-order chi connectivity index (χ1) is 11.9. The summed E-state index contributed by atoms with van der Waals surface area (Å²) in [6, 6.07) is 0. The number of hydrogen-bond acceptors (Lipinski definition) is 2. The zero-order valence-corrected chi connectivity index (χ0v) is 16.9. The maximum Gasteiger partial charge on any atom is 0.302 e. The molecule has 0 spiro atoms. The molecule has 2 heteroatoms. The lowest BCUT2D eigenvalue weighted by Crippen LogP contribution is -2.58. The molecule has 142 valence electrons. The van der Waals surface area contributed by atoms with E-state index in [2.05, 4.69) is 20.8 Å². The largest absolute Gasteiger partial charge is 0.462 e. The fraction of sp³-hybridized carbons (Fsp3) is 0.957. The summed E-state index contributed by atoms with van der Waals surface area (Å²) < 4.78 is 6.07. The van der Waals surface area contributed by atoms with E-state index in [1.54, 1.807) is 6.92 Å². The first kappa shape index (κ1) is 17.9. The second-order valence-corrected chi connectivity index (χ2v) is 10.3. The SMILES string of the molecule is CC[C@H]1CC[C@H]2[C@@H]3CC[C@H]4CCCC[C@]4(C)[C@H]3C[C@@H](OC(C)=O)[C@]12C. The molecule has 0 aliphatic heterocycles. The van der Waals surface area contributed by atoms with Gasteiger partial charge in [0.25, 0.3) is 0 Å². The van der Waals surface area contributed by atoms with Gasteiger partial charge >= 0.3 is 5.97 Å². The van der Waals surface area contributed by atoms with Crippen molar-refractivity contribution >= 4 is 5.97 Å². The van der Waals surface area contributed by atoms with Crippen molar-refractivity contribution in [2.75, 3.05) is 0 Å². The number of fused-ring (bicyclic) bond motifs is 5. The molecule has 0 aromatic carbocycles. The number of ether oxygens (including phenoxy) is 1. The minimum Gasteiger partial charge on any atom is -0.462 e. The summed E-state index contributed by atoms with van der Waals surface area (Å²) in [5.41, 5.74) is 0.727. The van der Waals surface area contributed by atoms with Crippen molar-refractivity contribution in [3.8, 4) is 0 Å². The van der Waals surface area contributed by atoms with Crippen molar-refractivity contribution in [3.63, 3.8) is 0 Å². The highest BCUT2D eigenvalue weighted by atomic mass is 16.5. The third kappa shape index (κ3) is 2.52. The van der Waals surface area contributed by atoms with Crippen molar-refractivity contribution < 1.29 is 9.53 Å². The summed E-state index contributed by atoms with van der Waals surface area (Å²) in [5, 5.41) is 0. The van der Waals surface area contributed by atoms with E-state index in [0.717, 1.165) is 36.0 Å². The smallest absolute Gasteiger partial charge is 0.302 e. The molecule has 0 heterocycles. The summed E-state index contributed by atoms with van der Waals surface area (Å²) in [6.45, 7) is 9.05. The predicted molar refractivity (Wildman–Crippen MR) is 101 cm³/mol. The van der Waals surface area contributed by atoms with Crippen LogP contribution in [-0.2, 0) is 9.53 Å². The lowest BCUT2D eigenvalue weighted by atomic mass is 9.44. The van der Waals surface area contributed by atoms with E-state index in [4.69, 9.17) is 4.74 Å². The van der Waals surface area contributed by atoms with Gasteiger partial charge in [-0.15, -0.1) is 0 Å². The zero-order valence-electron chi connectivity index (χ0n) is 16.9. The fourth-order valence-electron chi connectivity index (χ4n) is 8.39. The first-order valence-corrected chi connectivity index (χ1v) is 11.1. The lowest BCUT2D eigenvalue weighted by molar-refractivity contribution is -0.190. The Morgan fingerprint density at radius 2 is 1.84 bits per heavy atom. The highest BCUT2D eigenvalue weighted by Crippen LogP contribution is 2.68. The van der Waals surface area contributed by atoms with Gasteiger partial charge in [0.2, 0.25) is 0 Å². The molecular formula is C23H38O2. The number of carbonyl (C=O) groups is 1. The Morgan fingerprint density at radius 1 is 1.04 bits per heavy atom. The summed E-state index contributed by atoms with van der Waals surface area (Å²) in [4.78, 5) is 11.9. The van der Waals surface area contributed by atoms with Gasteiger partial charge in [0.1, 0.15) is 6.10 Å². The number of rotatable bonds is 2. The van der Waals surface area contributed by atoms with E-state index < -0.39 is 0 Å². The summed E-state index contributed by atoms with van der Waals surface area (Å²) in [7, 11) is 0. The van der Waals surface area contributed by atoms with Gasteiger partial charge in [0.05, 0.1) is 0 Å². The molecule has 4 saturated carbocycles. The number of hydrogen-bond donors (Lipinski definition) is 0. The standard InChI is InChI=1S/C23H38O2/c1-5-16-10-12-19-18-11-9-17-8-6-7-13-22(17,3)20(18)14-21(23(16,19)4)25-15(2)24/h16-21H,5-14H2,1-4H3/t16-,17+,18-,19-,20-,21+,22-,23+/m0/s1. The van der Waals surface area contributed by atoms with Gasteiger partial charge in [0, 0.05) is 12.3 Å². The van der Waals surface area contributed by atoms with Gasteiger partial charge in [-0.2, -0.15) is 0 Å². The molecule has 0 unspecified atom stereocenters. The molecule has 4 rings (SSSR count). The lowest BCUT2D eigenvalue weighted by Gasteiger charge is -2.62. The Labute approximate surface area is 154 Å². The summed E-state index contributed by atoms with van der Waals surface area (Å²) in [6.07, 6.45) is 13.8. The molecule has 0 radical (unpaired) electrons. The van der Waals surface area contributed by atoms with Crippen LogP contribution in [-0.4, -0.2) is 12.1 Å². The van der Waals surface area contributed by atoms with E-state index >= 15 is 0 Å². The van der Waals surface area contributed by atoms with Gasteiger partial charge in [-0.05, 0) is 80.0 Å². The quantitative estimate of drug-likeness (QED) is 0.574. The van der Waals surface area contributed by atoms with Gasteiger partial charge in [-0.3, -0.25) is 4.79 Å². The zero-order chi connectivity index (χ0) is 17.8. The first-order valence-electron chi connectivity index (χ1n) is 11.1. The Hall–Kier alpha value is -0.530. The van der Waals surface area contributed by atoms with Crippen molar-refractivity contribution in [2.24, 2.45) is 40.4 Å². The van der Waals surface area contributed by atoms with Crippen molar-refractivity contribution in [1.29, 1.82) is 0 Å². The van der Waals surface area contributed by atoms with Crippen molar-refractivity contribution in [3.05, 3.63) is 0 Å². The maximum atomic E-state index is 11.9. The van der Waals surface area contributed by atoms with E-state index in [1.165, 1.54) is 57.8 Å². The average molecular weight is 347 g/mol. The Kier molecular flexibility index (Phi) is 4.48. The monoisotopic (exact) mass is 346 g/mol. The van der Waals surface area contributed by atoms with Crippen LogP contribution in [0.25, 0.3) is 0 Å². The van der Waals surface area contributed by atoms with Crippen molar-refractivity contribution in [2.45, 2.75) is 98.0 Å². The third-order valence-corrected chi connectivity index (χ3v) is 9.65. The predicted octanol–water partition coefficient (Wildman–Crippen LogP) is 5.99. The molecule has 0 aromatic heterocycles. The van der Waals surface area contributed by atoms with E-state index in [-0.39, 0.29) is 17.5 Å². The average Bonchev–Trinajstić information content (AvgIpc) is 2.92. The van der Waals surface area contributed by atoms with E-state index in [9.17, 15) is 4.79 Å². The second kappa shape index (κ2) is 6.27. The van der Waals surface area contributed by atoms with Crippen LogP contribution in [0.4, 0.5) is 0 Å². The molecule has 2 nitrogen and oxygen atoms in total. The fourth-order valence-corrected chi connectivity index (χ4v) is 8.39. The second-order valence-electron chi connectivity index (χ2n) is 10.3. The van der Waals surface area contributed by atoms with Crippen LogP contribution < -0.4 is 0 Å². The van der Waals surface area contributed by atoms with Crippen LogP contribution in [0.1, 0.15) is 91.9 Å². The normalized spacial score (nSPS) is 52.0. The highest BCUT2D eigenvalue weighted by molar-refractivity contribution is 5.66. The van der Waals surface area contributed by atoms with Gasteiger partial charge < -0.3 is 4.74 Å². The van der Waals surface area contributed by atoms with E-state index in [1.807, 2.05) is 0 Å². The molecule has 25 heavy (non-hydrogen) atoms. The third-order valence-electron chi connectivity index (χ3n) is 9.65. The molecule has 0 saturated heterocycles. The van der Waals surface area contributed by atoms with Crippen molar-refractivity contribution in [1.82, 2.24) is 0 Å². The van der Waals surface area contributed by atoms with Crippen LogP contribution in [0, 0.1) is 40.4 Å². The molecule has 0 N–H and O–H groups in total. The van der Waals surface area contributed by atoms with Gasteiger partial charge in [-0.1, -0.05) is 40.0 Å². The molecule has 4 fully saturated rings. The van der Waals surface area contributed by atoms with Crippen LogP contribution >= 0.6 is 0 Å². The highest BCUT2D eigenvalue weighted by Gasteiger charge is 2.63. The van der Waals surface area contributed by atoms with Crippen LogP contribution in [0.15, 0.2) is 0 Å². The van der Waals surface area contributed by atoms with Crippen LogP contribution in [0.5, 0.6) is 0 Å². The summed E-state index contributed by atoms with van der Waals surface area (Å²) >= 11 is 0. The minimum absolute atomic E-state index is 0.0636. The van der Waals surface area contributed by atoms with Gasteiger partial charge in [0.15, 0.2) is 0 Å².